The lowest BCUT2D eigenvalue weighted by Crippen LogP contribution is -2.40. The van der Waals surface area contributed by atoms with Crippen LogP contribution in [0.3, 0.4) is 0 Å². The molecule has 1 N–H and O–H groups in total. The van der Waals surface area contributed by atoms with E-state index in [9.17, 15) is 9.59 Å². The Hall–Kier alpha value is -3.80. The number of rotatable bonds is 13. The predicted molar refractivity (Wildman–Crippen MR) is 145 cm³/mol. The SMILES string of the molecule is CCCN(CCC(=O)N(CCc1ccccc1)Cc1ccccc1)C(=O)Nc1ccc(OCC)cc1. The lowest BCUT2D eigenvalue weighted by molar-refractivity contribution is -0.132. The predicted octanol–water partition coefficient (Wildman–Crippen LogP) is 5.99. The van der Waals surface area contributed by atoms with Crippen molar-refractivity contribution in [1.29, 1.82) is 0 Å². The van der Waals surface area contributed by atoms with E-state index in [1.807, 2.05) is 91.5 Å². The first-order chi connectivity index (χ1) is 17.6. The van der Waals surface area contributed by atoms with E-state index in [0.717, 1.165) is 24.2 Å². The van der Waals surface area contributed by atoms with Gasteiger partial charge in [-0.25, -0.2) is 4.79 Å². The Kier molecular flexibility index (Phi) is 10.8. The highest BCUT2D eigenvalue weighted by Crippen LogP contribution is 2.16. The van der Waals surface area contributed by atoms with Gasteiger partial charge in [-0.1, -0.05) is 67.6 Å². The Morgan fingerprint density at radius 2 is 1.39 bits per heavy atom. The van der Waals surface area contributed by atoms with Gasteiger partial charge >= 0.3 is 6.03 Å². The fraction of sp³-hybridized carbons (Fsp3) is 0.333. The second kappa shape index (κ2) is 14.6. The summed E-state index contributed by atoms with van der Waals surface area (Å²) in [6.07, 6.45) is 1.88. The summed E-state index contributed by atoms with van der Waals surface area (Å²) in [5.74, 6) is 0.810. The van der Waals surface area contributed by atoms with Gasteiger partial charge in [-0.05, 0) is 55.2 Å². The number of amides is 3. The molecule has 0 heterocycles. The third-order valence-electron chi connectivity index (χ3n) is 5.88. The van der Waals surface area contributed by atoms with Crippen LogP contribution in [0.4, 0.5) is 10.5 Å². The van der Waals surface area contributed by atoms with E-state index in [0.29, 0.717) is 38.5 Å². The minimum Gasteiger partial charge on any atom is -0.494 e. The third-order valence-corrected chi connectivity index (χ3v) is 5.88. The zero-order valence-corrected chi connectivity index (χ0v) is 21.4. The number of anilines is 1. The van der Waals surface area contributed by atoms with Crippen LogP contribution in [0.15, 0.2) is 84.9 Å². The normalized spacial score (nSPS) is 10.5. The fourth-order valence-electron chi connectivity index (χ4n) is 3.98. The van der Waals surface area contributed by atoms with Crippen molar-refractivity contribution in [2.45, 2.75) is 39.7 Å². The average molecular weight is 488 g/mol. The number of hydrogen-bond acceptors (Lipinski definition) is 3. The van der Waals surface area contributed by atoms with Crippen molar-refractivity contribution in [2.24, 2.45) is 0 Å². The van der Waals surface area contributed by atoms with Crippen LogP contribution in [0.2, 0.25) is 0 Å². The number of carbonyl (C=O) groups is 2. The molecule has 0 spiro atoms. The van der Waals surface area contributed by atoms with Gasteiger partial charge in [0.05, 0.1) is 6.61 Å². The third kappa shape index (κ3) is 8.77. The van der Waals surface area contributed by atoms with Gasteiger partial charge in [-0.3, -0.25) is 4.79 Å². The molecule has 3 rings (SSSR count). The van der Waals surface area contributed by atoms with Gasteiger partial charge in [0.2, 0.25) is 5.91 Å². The Balaban J connectivity index is 1.61. The van der Waals surface area contributed by atoms with Crippen LogP contribution in [0.1, 0.15) is 37.8 Å². The zero-order chi connectivity index (χ0) is 25.6. The van der Waals surface area contributed by atoms with Gasteiger partial charge in [-0.2, -0.15) is 0 Å². The van der Waals surface area contributed by atoms with Crippen molar-refractivity contribution in [2.75, 3.05) is 31.6 Å². The van der Waals surface area contributed by atoms with E-state index >= 15 is 0 Å². The van der Waals surface area contributed by atoms with Crippen LogP contribution < -0.4 is 10.1 Å². The molecule has 6 heteroatoms. The Labute approximate surface area is 214 Å². The van der Waals surface area contributed by atoms with Crippen molar-refractivity contribution in [3.63, 3.8) is 0 Å². The zero-order valence-electron chi connectivity index (χ0n) is 21.4. The summed E-state index contributed by atoms with van der Waals surface area (Å²) in [6, 6.07) is 27.3. The number of nitrogens with one attached hydrogen (secondary N) is 1. The maximum absolute atomic E-state index is 13.3. The molecular formula is C30H37N3O3. The van der Waals surface area contributed by atoms with Gasteiger partial charge in [0.1, 0.15) is 5.75 Å². The molecule has 0 aliphatic carbocycles. The maximum Gasteiger partial charge on any atom is 0.321 e. The number of nitrogens with zero attached hydrogens (tertiary/aromatic N) is 2. The number of ether oxygens (including phenoxy) is 1. The molecule has 0 unspecified atom stereocenters. The van der Waals surface area contributed by atoms with E-state index in [1.54, 1.807) is 4.90 Å². The van der Waals surface area contributed by atoms with Crippen molar-refractivity contribution >= 4 is 17.6 Å². The summed E-state index contributed by atoms with van der Waals surface area (Å²) in [7, 11) is 0. The van der Waals surface area contributed by atoms with Crippen molar-refractivity contribution in [3.05, 3.63) is 96.1 Å². The first-order valence-corrected chi connectivity index (χ1v) is 12.7. The van der Waals surface area contributed by atoms with E-state index in [1.165, 1.54) is 5.56 Å². The van der Waals surface area contributed by atoms with E-state index in [-0.39, 0.29) is 18.4 Å². The van der Waals surface area contributed by atoms with Crippen LogP contribution in [0.5, 0.6) is 5.75 Å². The largest absolute Gasteiger partial charge is 0.494 e. The van der Waals surface area contributed by atoms with Crippen molar-refractivity contribution in [1.82, 2.24) is 9.80 Å². The minimum absolute atomic E-state index is 0.0461. The molecule has 0 radical (unpaired) electrons. The molecule has 3 aromatic carbocycles. The molecule has 6 nitrogen and oxygen atoms in total. The quantitative estimate of drug-likeness (QED) is 0.322. The summed E-state index contributed by atoms with van der Waals surface area (Å²) < 4.78 is 5.46. The van der Waals surface area contributed by atoms with Crippen molar-refractivity contribution < 1.29 is 14.3 Å². The summed E-state index contributed by atoms with van der Waals surface area (Å²) in [5.41, 5.74) is 2.99. The summed E-state index contributed by atoms with van der Waals surface area (Å²) >= 11 is 0. The average Bonchev–Trinajstić information content (AvgIpc) is 2.91. The number of urea groups is 1. The van der Waals surface area contributed by atoms with Crippen LogP contribution in [0, 0.1) is 0 Å². The molecule has 0 atom stereocenters. The van der Waals surface area contributed by atoms with Gasteiger partial charge in [-0.15, -0.1) is 0 Å². The molecule has 0 saturated heterocycles. The van der Waals surface area contributed by atoms with E-state index in [4.69, 9.17) is 4.74 Å². The molecular weight excluding hydrogens is 450 g/mol. The van der Waals surface area contributed by atoms with E-state index in [2.05, 4.69) is 17.4 Å². The van der Waals surface area contributed by atoms with Gasteiger partial charge in [0.15, 0.2) is 0 Å². The molecule has 0 saturated carbocycles. The lowest BCUT2D eigenvalue weighted by Gasteiger charge is -2.26. The second-order valence-corrected chi connectivity index (χ2v) is 8.66. The van der Waals surface area contributed by atoms with Crippen LogP contribution in [0.25, 0.3) is 0 Å². The second-order valence-electron chi connectivity index (χ2n) is 8.66. The highest BCUT2D eigenvalue weighted by Gasteiger charge is 2.19. The topological polar surface area (TPSA) is 61.9 Å². The minimum atomic E-state index is -0.201. The molecule has 0 fully saturated rings. The highest BCUT2D eigenvalue weighted by molar-refractivity contribution is 5.89. The molecule has 3 amide bonds. The number of benzene rings is 3. The standard InChI is InChI=1S/C30H37N3O3/c1-3-21-32(30(35)31-27-15-17-28(18-16-27)36-4-2)23-20-29(34)33(24-26-13-9-6-10-14-26)22-19-25-11-7-5-8-12-25/h5-18H,3-4,19-24H2,1-2H3,(H,31,35). The number of hydrogen-bond donors (Lipinski definition) is 1. The molecule has 190 valence electrons. The maximum atomic E-state index is 13.3. The van der Waals surface area contributed by atoms with Gasteiger partial charge < -0.3 is 19.9 Å². The van der Waals surface area contributed by atoms with Crippen LogP contribution in [-0.2, 0) is 17.8 Å². The van der Waals surface area contributed by atoms with Gasteiger partial charge in [0, 0.05) is 38.3 Å². The molecule has 0 aromatic heterocycles. The number of carbonyl (C=O) groups excluding carboxylic acids is 2. The highest BCUT2D eigenvalue weighted by atomic mass is 16.5. The molecule has 0 aliphatic rings. The first kappa shape index (κ1) is 26.8. The lowest BCUT2D eigenvalue weighted by atomic mass is 10.1. The van der Waals surface area contributed by atoms with E-state index < -0.39 is 0 Å². The van der Waals surface area contributed by atoms with Crippen LogP contribution >= 0.6 is 0 Å². The van der Waals surface area contributed by atoms with Crippen molar-refractivity contribution in [3.8, 4) is 5.75 Å². The Morgan fingerprint density at radius 1 is 0.750 bits per heavy atom. The molecule has 0 bridgehead atoms. The Bertz CT molecular complexity index is 1060. The summed E-state index contributed by atoms with van der Waals surface area (Å²) in [6.45, 7) is 6.69. The van der Waals surface area contributed by atoms with Gasteiger partial charge in [0.25, 0.3) is 0 Å². The molecule has 36 heavy (non-hydrogen) atoms. The monoisotopic (exact) mass is 487 g/mol. The molecule has 0 aliphatic heterocycles. The smallest absolute Gasteiger partial charge is 0.321 e. The molecule has 3 aromatic rings. The fourth-order valence-corrected chi connectivity index (χ4v) is 3.98. The summed E-state index contributed by atoms with van der Waals surface area (Å²) in [5, 5.41) is 2.94. The first-order valence-electron chi connectivity index (χ1n) is 12.7. The Morgan fingerprint density at radius 3 is 2.00 bits per heavy atom. The summed E-state index contributed by atoms with van der Waals surface area (Å²) in [4.78, 5) is 29.9. The van der Waals surface area contributed by atoms with Crippen LogP contribution in [-0.4, -0.2) is 48.0 Å².